The van der Waals surface area contributed by atoms with E-state index in [4.69, 9.17) is 5.11 Å². The van der Waals surface area contributed by atoms with Gasteiger partial charge in [-0.15, -0.1) is 4.13 Å². The summed E-state index contributed by atoms with van der Waals surface area (Å²) >= 11 is 0. The maximum atomic E-state index is 12.0. The zero-order valence-corrected chi connectivity index (χ0v) is 11.7. The van der Waals surface area contributed by atoms with Crippen molar-refractivity contribution in [3.8, 4) is 5.75 Å². The van der Waals surface area contributed by atoms with Crippen molar-refractivity contribution >= 4 is 20.0 Å². The number of sulfonamides is 2. The zero-order chi connectivity index (χ0) is 14.8. The van der Waals surface area contributed by atoms with Gasteiger partial charge in [0.1, 0.15) is 5.75 Å². The molecule has 2 rings (SSSR count). The van der Waals surface area contributed by atoms with E-state index in [9.17, 15) is 16.8 Å². The Bertz CT molecular complexity index is 797. The van der Waals surface area contributed by atoms with Gasteiger partial charge in [-0.2, -0.15) is 0 Å². The van der Waals surface area contributed by atoms with Gasteiger partial charge in [-0.3, -0.25) is 0 Å². The third kappa shape index (κ3) is 3.16. The average Bonchev–Trinajstić information content (AvgIpc) is 2.39. The van der Waals surface area contributed by atoms with Crippen molar-refractivity contribution in [3.63, 3.8) is 0 Å². The number of hydrogen-bond acceptors (Lipinski definition) is 5. The van der Waals surface area contributed by atoms with E-state index in [-0.39, 0.29) is 15.5 Å². The number of hydrogen-bond donors (Lipinski definition) is 2. The molecule has 0 heterocycles. The van der Waals surface area contributed by atoms with Crippen LogP contribution in [-0.2, 0) is 20.0 Å². The lowest BCUT2D eigenvalue weighted by atomic mass is 10.3. The van der Waals surface area contributed by atoms with Crippen LogP contribution in [0.2, 0.25) is 0 Å². The highest BCUT2D eigenvalue weighted by Crippen LogP contribution is 2.16. The highest BCUT2D eigenvalue weighted by molar-refractivity contribution is 8.04. The molecule has 2 aromatic rings. The van der Waals surface area contributed by atoms with Crippen molar-refractivity contribution in [2.75, 3.05) is 0 Å². The maximum absolute atomic E-state index is 12.0. The lowest BCUT2D eigenvalue weighted by molar-refractivity contribution is 0.475. The molecule has 0 aliphatic rings. The predicted molar refractivity (Wildman–Crippen MR) is 72.1 cm³/mol. The van der Waals surface area contributed by atoms with Crippen LogP contribution in [0.1, 0.15) is 0 Å². The molecular weight excluding hydrogens is 302 g/mol. The Balaban J connectivity index is 2.36. The molecule has 0 fully saturated rings. The fraction of sp³-hybridized carbons (Fsp3) is 0. The highest BCUT2D eigenvalue weighted by atomic mass is 32.3. The molecule has 0 spiro atoms. The summed E-state index contributed by atoms with van der Waals surface area (Å²) in [5.74, 6) is -0.116. The summed E-state index contributed by atoms with van der Waals surface area (Å²) in [6.07, 6.45) is 0. The molecule has 20 heavy (non-hydrogen) atoms. The van der Waals surface area contributed by atoms with Gasteiger partial charge in [0.15, 0.2) is 0 Å². The molecule has 106 valence electrons. The molecule has 8 heteroatoms. The van der Waals surface area contributed by atoms with Crippen LogP contribution in [0.5, 0.6) is 5.75 Å². The minimum atomic E-state index is -4.23. The Hall–Kier alpha value is -1.90. The zero-order valence-electron chi connectivity index (χ0n) is 10.1. The van der Waals surface area contributed by atoms with Crippen molar-refractivity contribution in [1.29, 1.82) is 0 Å². The van der Waals surface area contributed by atoms with E-state index in [0.717, 1.165) is 24.3 Å². The first-order valence-corrected chi connectivity index (χ1v) is 8.41. The largest absolute Gasteiger partial charge is 0.508 e. The molecule has 2 aromatic carbocycles. The molecule has 2 N–H and O–H groups in total. The molecule has 0 radical (unpaired) electrons. The summed E-state index contributed by atoms with van der Waals surface area (Å²) in [5.41, 5.74) is 0. The lowest BCUT2D eigenvalue weighted by Gasteiger charge is -2.07. The Morgan fingerprint density at radius 1 is 0.700 bits per heavy atom. The second-order valence-electron chi connectivity index (χ2n) is 3.90. The number of benzene rings is 2. The van der Waals surface area contributed by atoms with Crippen LogP contribution in [-0.4, -0.2) is 21.9 Å². The fourth-order valence-electron chi connectivity index (χ4n) is 1.47. The highest BCUT2D eigenvalue weighted by Gasteiger charge is 2.24. The fourth-order valence-corrected chi connectivity index (χ4v) is 4.40. The monoisotopic (exact) mass is 313 g/mol. The van der Waals surface area contributed by atoms with Gasteiger partial charge in [-0.25, -0.2) is 16.8 Å². The SMILES string of the molecule is O=S(=O)(NS(=O)(=O)c1ccc(O)cc1)c1ccccc1. The van der Waals surface area contributed by atoms with Crippen molar-refractivity contribution in [2.24, 2.45) is 0 Å². The maximum Gasteiger partial charge on any atom is 0.253 e. The second-order valence-corrected chi connectivity index (χ2v) is 7.52. The van der Waals surface area contributed by atoms with E-state index in [1.54, 1.807) is 10.2 Å². The van der Waals surface area contributed by atoms with Gasteiger partial charge in [0.2, 0.25) is 0 Å². The van der Waals surface area contributed by atoms with Crippen LogP contribution in [0.15, 0.2) is 64.4 Å². The summed E-state index contributed by atoms with van der Waals surface area (Å²) < 4.78 is 49.5. The van der Waals surface area contributed by atoms with Gasteiger partial charge >= 0.3 is 0 Å². The van der Waals surface area contributed by atoms with Crippen molar-refractivity contribution < 1.29 is 21.9 Å². The van der Waals surface area contributed by atoms with Gasteiger partial charge < -0.3 is 5.11 Å². The number of phenols is 1. The normalized spacial score (nSPS) is 12.2. The van der Waals surface area contributed by atoms with E-state index in [0.29, 0.717) is 0 Å². The summed E-state index contributed by atoms with van der Waals surface area (Å²) in [6.45, 7) is 0. The van der Waals surface area contributed by atoms with Gasteiger partial charge in [0.05, 0.1) is 9.79 Å². The molecule has 0 unspecified atom stereocenters. The first-order chi connectivity index (χ1) is 9.31. The molecule has 0 aliphatic carbocycles. The van der Waals surface area contributed by atoms with Crippen LogP contribution >= 0.6 is 0 Å². The average molecular weight is 313 g/mol. The van der Waals surface area contributed by atoms with E-state index >= 15 is 0 Å². The number of aromatic hydroxyl groups is 1. The molecule has 0 amide bonds. The van der Waals surface area contributed by atoms with Gasteiger partial charge in [0, 0.05) is 0 Å². The third-order valence-electron chi connectivity index (χ3n) is 2.42. The summed E-state index contributed by atoms with van der Waals surface area (Å²) in [5, 5.41) is 9.10. The first-order valence-electron chi connectivity index (χ1n) is 5.44. The van der Waals surface area contributed by atoms with Crippen LogP contribution in [0, 0.1) is 0 Å². The minimum absolute atomic E-state index is 0.116. The Kier molecular flexibility index (Phi) is 3.80. The Morgan fingerprint density at radius 2 is 1.15 bits per heavy atom. The number of phenolic OH excluding ortho intramolecular Hbond substituents is 1. The third-order valence-corrected chi connectivity index (χ3v) is 5.96. The van der Waals surface area contributed by atoms with Crippen LogP contribution in [0.25, 0.3) is 0 Å². The molecule has 0 aliphatic heterocycles. The molecule has 0 bridgehead atoms. The topological polar surface area (TPSA) is 101 Å². The van der Waals surface area contributed by atoms with E-state index in [1.165, 1.54) is 24.3 Å². The van der Waals surface area contributed by atoms with Crippen LogP contribution < -0.4 is 4.13 Å². The van der Waals surface area contributed by atoms with E-state index in [1.807, 2.05) is 0 Å². The van der Waals surface area contributed by atoms with E-state index < -0.39 is 20.0 Å². The molecule has 0 saturated carbocycles. The molecule has 6 nitrogen and oxygen atoms in total. The van der Waals surface area contributed by atoms with Gasteiger partial charge in [-0.1, -0.05) is 18.2 Å². The number of nitrogens with one attached hydrogen (secondary N) is 1. The molecule has 0 aromatic heterocycles. The number of rotatable bonds is 4. The lowest BCUT2D eigenvalue weighted by Crippen LogP contribution is -2.30. The predicted octanol–water partition coefficient (Wildman–Crippen LogP) is 1.06. The van der Waals surface area contributed by atoms with Crippen molar-refractivity contribution in [2.45, 2.75) is 9.79 Å². The van der Waals surface area contributed by atoms with Gasteiger partial charge in [0.25, 0.3) is 20.0 Å². The second kappa shape index (κ2) is 5.23. The molecular formula is C12H11NO5S2. The molecule has 0 saturated heterocycles. The Morgan fingerprint density at radius 3 is 1.65 bits per heavy atom. The van der Waals surface area contributed by atoms with Gasteiger partial charge in [-0.05, 0) is 36.4 Å². The standard InChI is InChI=1S/C12H11NO5S2/c14-10-6-8-12(9-7-10)20(17,18)13-19(15,16)11-4-2-1-3-5-11/h1-9,13-14H. The summed E-state index contributed by atoms with van der Waals surface area (Å²) in [4.78, 5) is -0.405. The quantitative estimate of drug-likeness (QED) is 0.879. The van der Waals surface area contributed by atoms with Crippen LogP contribution in [0.3, 0.4) is 0 Å². The van der Waals surface area contributed by atoms with E-state index in [2.05, 4.69) is 0 Å². The Labute approximate surface area is 116 Å². The van der Waals surface area contributed by atoms with Crippen LogP contribution in [0.4, 0.5) is 0 Å². The first kappa shape index (κ1) is 14.5. The van der Waals surface area contributed by atoms with Crippen molar-refractivity contribution in [3.05, 3.63) is 54.6 Å². The smallest absolute Gasteiger partial charge is 0.253 e. The molecule has 0 atom stereocenters. The minimum Gasteiger partial charge on any atom is -0.508 e. The van der Waals surface area contributed by atoms with Crippen molar-refractivity contribution in [1.82, 2.24) is 4.13 Å². The summed E-state index contributed by atoms with van der Waals surface area (Å²) in [7, 11) is -8.41. The summed E-state index contributed by atoms with van der Waals surface area (Å²) in [6, 6.07) is 11.7.